The molecule has 0 saturated heterocycles. The van der Waals surface area contributed by atoms with Crippen molar-refractivity contribution in [2.24, 2.45) is 0 Å². The Morgan fingerprint density at radius 1 is 1.12 bits per heavy atom. The molecule has 2 heterocycles. The standard InChI is InChI=1S/C20H16N2O4/c1-26-20(25)13-5-7-14(8-6-13)21-19(24)16-11-22-10-9-12-3-2-4-15(17(12)22)18(16)23/h2-8,11H,9-10H2,1H3,(H,21,24). The summed E-state index contributed by atoms with van der Waals surface area (Å²) in [6.07, 6.45) is 2.48. The van der Waals surface area contributed by atoms with Crippen LogP contribution in [0, 0.1) is 0 Å². The van der Waals surface area contributed by atoms with E-state index in [4.69, 9.17) is 0 Å². The number of para-hydroxylation sites is 1. The molecule has 130 valence electrons. The molecule has 6 nitrogen and oxygen atoms in total. The van der Waals surface area contributed by atoms with Crippen molar-refractivity contribution in [2.75, 3.05) is 12.4 Å². The summed E-state index contributed by atoms with van der Waals surface area (Å²) in [6.45, 7) is 0.754. The Morgan fingerprint density at radius 3 is 2.62 bits per heavy atom. The number of rotatable bonds is 3. The van der Waals surface area contributed by atoms with Crippen LogP contribution in [0.5, 0.6) is 0 Å². The second kappa shape index (κ2) is 6.15. The molecule has 0 fully saturated rings. The molecule has 0 bridgehead atoms. The second-order valence-corrected chi connectivity index (χ2v) is 6.15. The Kier molecular flexibility index (Phi) is 3.80. The van der Waals surface area contributed by atoms with E-state index in [-0.39, 0.29) is 11.0 Å². The molecule has 3 aromatic rings. The number of ether oxygens (including phenoxy) is 1. The number of carbonyl (C=O) groups excluding carboxylic acids is 2. The van der Waals surface area contributed by atoms with Crippen molar-refractivity contribution in [1.29, 1.82) is 0 Å². The lowest BCUT2D eigenvalue weighted by atomic mass is 10.1. The van der Waals surface area contributed by atoms with Crippen LogP contribution >= 0.6 is 0 Å². The van der Waals surface area contributed by atoms with Gasteiger partial charge in [0.25, 0.3) is 5.91 Å². The number of hydrogen-bond acceptors (Lipinski definition) is 4. The van der Waals surface area contributed by atoms with Gasteiger partial charge in [-0.25, -0.2) is 4.79 Å². The molecule has 0 spiro atoms. The minimum atomic E-state index is -0.469. The van der Waals surface area contributed by atoms with Gasteiger partial charge in [0, 0.05) is 23.8 Å². The lowest BCUT2D eigenvalue weighted by Gasteiger charge is -2.09. The van der Waals surface area contributed by atoms with Crippen LogP contribution in [0.25, 0.3) is 10.9 Å². The summed E-state index contributed by atoms with van der Waals surface area (Å²) in [5.41, 5.74) is 2.76. The number of anilines is 1. The first kappa shape index (κ1) is 16.1. The fraction of sp³-hybridized carbons (Fsp3) is 0.150. The zero-order valence-electron chi connectivity index (χ0n) is 14.1. The molecular formula is C20H16N2O4. The number of aromatic nitrogens is 1. The fourth-order valence-electron chi connectivity index (χ4n) is 3.32. The van der Waals surface area contributed by atoms with Gasteiger partial charge in [0.15, 0.2) is 0 Å². The van der Waals surface area contributed by atoms with Crippen molar-refractivity contribution < 1.29 is 14.3 Å². The minimum absolute atomic E-state index is 0.105. The van der Waals surface area contributed by atoms with E-state index in [2.05, 4.69) is 10.1 Å². The van der Waals surface area contributed by atoms with Crippen LogP contribution in [0.1, 0.15) is 26.3 Å². The number of nitrogens with zero attached hydrogens (tertiary/aromatic N) is 1. The van der Waals surface area contributed by atoms with Crippen LogP contribution in [0.15, 0.2) is 53.5 Å². The van der Waals surface area contributed by atoms with Gasteiger partial charge in [-0.2, -0.15) is 0 Å². The second-order valence-electron chi connectivity index (χ2n) is 6.15. The Balaban J connectivity index is 1.67. The van der Waals surface area contributed by atoms with Crippen LogP contribution in [-0.2, 0) is 17.7 Å². The Bertz CT molecular complexity index is 1100. The summed E-state index contributed by atoms with van der Waals surface area (Å²) in [6, 6.07) is 11.9. The van der Waals surface area contributed by atoms with Crippen molar-refractivity contribution in [3.8, 4) is 0 Å². The summed E-state index contributed by atoms with van der Waals surface area (Å²) in [7, 11) is 1.31. The van der Waals surface area contributed by atoms with Gasteiger partial charge in [0.05, 0.1) is 18.2 Å². The molecule has 4 rings (SSSR count). The SMILES string of the molecule is COC(=O)c1ccc(NC(=O)c2cn3c4c(cccc4c2=O)CC3)cc1. The summed E-state index contributed by atoms with van der Waals surface area (Å²) < 4.78 is 6.60. The quantitative estimate of drug-likeness (QED) is 0.738. The number of methoxy groups -OCH3 is 1. The molecule has 6 heteroatoms. The molecule has 1 aromatic heterocycles. The lowest BCUT2D eigenvalue weighted by molar-refractivity contribution is 0.0600. The topological polar surface area (TPSA) is 77.4 Å². The number of aryl methyl sites for hydroxylation is 2. The highest BCUT2D eigenvalue weighted by atomic mass is 16.5. The van der Waals surface area contributed by atoms with Crippen LogP contribution in [0.4, 0.5) is 5.69 Å². The highest BCUT2D eigenvalue weighted by Gasteiger charge is 2.20. The number of nitrogens with one attached hydrogen (secondary N) is 1. The van der Waals surface area contributed by atoms with E-state index < -0.39 is 11.9 Å². The maximum absolute atomic E-state index is 12.7. The monoisotopic (exact) mass is 348 g/mol. The lowest BCUT2D eigenvalue weighted by Crippen LogP contribution is -2.23. The van der Waals surface area contributed by atoms with Gasteiger partial charge in [-0.3, -0.25) is 9.59 Å². The molecule has 0 atom stereocenters. The Hall–Kier alpha value is -3.41. The predicted octanol–water partition coefficient (Wildman–Crippen LogP) is 2.60. The first-order valence-corrected chi connectivity index (χ1v) is 8.23. The van der Waals surface area contributed by atoms with E-state index in [0.717, 1.165) is 24.0 Å². The molecular weight excluding hydrogens is 332 g/mol. The number of esters is 1. The molecule has 0 radical (unpaired) electrons. The van der Waals surface area contributed by atoms with E-state index in [1.54, 1.807) is 36.5 Å². The van der Waals surface area contributed by atoms with Crippen molar-refractivity contribution in [3.63, 3.8) is 0 Å². The average Bonchev–Trinajstić information content (AvgIpc) is 3.08. The van der Waals surface area contributed by atoms with E-state index in [1.165, 1.54) is 7.11 Å². The molecule has 26 heavy (non-hydrogen) atoms. The van der Waals surface area contributed by atoms with Gasteiger partial charge >= 0.3 is 5.97 Å². The Morgan fingerprint density at radius 2 is 1.88 bits per heavy atom. The summed E-state index contributed by atoms with van der Waals surface area (Å²) >= 11 is 0. The van der Waals surface area contributed by atoms with Crippen LogP contribution in [0.3, 0.4) is 0 Å². The number of benzene rings is 2. The summed E-state index contributed by atoms with van der Waals surface area (Å²) in [4.78, 5) is 36.8. The van der Waals surface area contributed by atoms with Crippen LogP contribution in [0.2, 0.25) is 0 Å². The van der Waals surface area contributed by atoms with Crippen molar-refractivity contribution >= 4 is 28.5 Å². The fourth-order valence-corrected chi connectivity index (χ4v) is 3.32. The molecule has 1 amide bonds. The van der Waals surface area contributed by atoms with Gasteiger partial charge in [-0.1, -0.05) is 12.1 Å². The van der Waals surface area contributed by atoms with Crippen LogP contribution < -0.4 is 10.7 Å². The maximum Gasteiger partial charge on any atom is 0.337 e. The molecule has 0 unspecified atom stereocenters. The van der Waals surface area contributed by atoms with E-state index in [1.807, 2.05) is 16.7 Å². The third-order valence-corrected chi connectivity index (χ3v) is 4.61. The summed E-state index contributed by atoms with van der Waals surface area (Å²) in [5.74, 6) is -0.918. The smallest absolute Gasteiger partial charge is 0.337 e. The largest absolute Gasteiger partial charge is 0.465 e. The summed E-state index contributed by atoms with van der Waals surface area (Å²) in [5, 5.41) is 3.28. The predicted molar refractivity (Wildman–Crippen MR) is 97.6 cm³/mol. The third-order valence-electron chi connectivity index (χ3n) is 4.61. The molecule has 1 N–H and O–H groups in total. The van der Waals surface area contributed by atoms with Gasteiger partial charge in [-0.15, -0.1) is 0 Å². The normalized spacial score (nSPS) is 12.2. The van der Waals surface area contributed by atoms with Crippen molar-refractivity contribution in [3.05, 3.63) is 75.6 Å². The molecule has 0 saturated carbocycles. The maximum atomic E-state index is 12.7. The van der Waals surface area contributed by atoms with Crippen molar-refractivity contribution in [2.45, 2.75) is 13.0 Å². The van der Waals surface area contributed by atoms with E-state index in [9.17, 15) is 14.4 Å². The zero-order chi connectivity index (χ0) is 18.3. The number of pyridine rings is 1. The van der Waals surface area contributed by atoms with Gasteiger partial charge < -0.3 is 14.6 Å². The highest BCUT2D eigenvalue weighted by molar-refractivity contribution is 6.06. The number of carbonyl (C=O) groups is 2. The molecule has 1 aliphatic rings. The Labute approximate surface area is 149 Å². The van der Waals surface area contributed by atoms with Crippen molar-refractivity contribution in [1.82, 2.24) is 4.57 Å². The minimum Gasteiger partial charge on any atom is -0.465 e. The third kappa shape index (κ3) is 2.56. The first-order valence-electron chi connectivity index (χ1n) is 8.23. The zero-order valence-corrected chi connectivity index (χ0v) is 14.1. The number of hydrogen-bond donors (Lipinski definition) is 1. The molecule has 0 aliphatic carbocycles. The number of amides is 1. The van der Waals surface area contributed by atoms with Gasteiger partial charge in [-0.05, 0) is 42.3 Å². The highest BCUT2D eigenvalue weighted by Crippen LogP contribution is 2.24. The average molecular weight is 348 g/mol. The first-order chi connectivity index (χ1) is 12.6. The van der Waals surface area contributed by atoms with E-state index in [0.29, 0.717) is 16.6 Å². The molecule has 2 aromatic carbocycles. The van der Waals surface area contributed by atoms with E-state index >= 15 is 0 Å². The molecule has 1 aliphatic heterocycles. The van der Waals surface area contributed by atoms with Gasteiger partial charge in [0.1, 0.15) is 5.56 Å². The van der Waals surface area contributed by atoms with Crippen LogP contribution in [-0.4, -0.2) is 23.6 Å². The van der Waals surface area contributed by atoms with Gasteiger partial charge in [0.2, 0.25) is 5.43 Å².